The van der Waals surface area contributed by atoms with Crippen LogP contribution >= 0.6 is 0 Å². The molecule has 3 rings (SSSR count). The lowest BCUT2D eigenvalue weighted by Gasteiger charge is -2.30. The second-order valence-corrected chi connectivity index (χ2v) is 7.86. The summed E-state index contributed by atoms with van der Waals surface area (Å²) in [6.07, 6.45) is 5.08. The molecule has 1 aromatic carbocycles. The highest BCUT2D eigenvalue weighted by Gasteiger charge is 2.33. The number of aromatic amines is 1. The summed E-state index contributed by atoms with van der Waals surface area (Å²) in [5, 5.41) is 0. The predicted molar refractivity (Wildman–Crippen MR) is 117 cm³/mol. The Morgan fingerprint density at radius 1 is 1.10 bits per heavy atom. The van der Waals surface area contributed by atoms with Crippen LogP contribution in [0, 0.1) is 6.92 Å². The van der Waals surface area contributed by atoms with Gasteiger partial charge in [-0.15, -0.1) is 0 Å². The van der Waals surface area contributed by atoms with Crippen LogP contribution in [-0.2, 0) is 9.53 Å². The fraction of sp³-hybridized carbons (Fsp3) is 0.458. The topological polar surface area (TPSA) is 88.7 Å². The number of nitrogens with zero attached hydrogens (tertiary/aromatic N) is 1. The third-order valence-electron chi connectivity index (χ3n) is 5.91. The Morgan fingerprint density at radius 2 is 1.74 bits per heavy atom. The van der Waals surface area contributed by atoms with Gasteiger partial charge in [0, 0.05) is 24.3 Å². The van der Waals surface area contributed by atoms with Crippen LogP contribution in [0.1, 0.15) is 65.6 Å². The van der Waals surface area contributed by atoms with Crippen molar-refractivity contribution in [2.24, 2.45) is 0 Å². The second kappa shape index (κ2) is 9.81. The molecule has 7 heteroatoms. The number of methoxy groups -OCH3 is 1. The molecule has 7 nitrogen and oxygen atoms in total. The number of carbonyl (C=O) groups is 3. The third-order valence-corrected chi connectivity index (χ3v) is 5.91. The SMILES string of the molecule is CCOC(=O)c1c(C)[nH]c(C(=O)C(=O)N(C)C2CCCCC2)c1-c1ccc(OC)cc1. The summed E-state index contributed by atoms with van der Waals surface area (Å²) >= 11 is 0. The predicted octanol–water partition coefficient (Wildman–Crippen LogP) is 4.15. The van der Waals surface area contributed by atoms with E-state index in [4.69, 9.17) is 9.47 Å². The van der Waals surface area contributed by atoms with Crippen molar-refractivity contribution in [3.8, 4) is 16.9 Å². The van der Waals surface area contributed by atoms with Gasteiger partial charge in [0.15, 0.2) is 0 Å². The normalized spacial score (nSPS) is 14.2. The van der Waals surface area contributed by atoms with Crippen LogP contribution in [0.15, 0.2) is 24.3 Å². The highest BCUT2D eigenvalue weighted by Crippen LogP contribution is 2.33. The van der Waals surface area contributed by atoms with Crippen LogP contribution in [0.25, 0.3) is 11.1 Å². The van der Waals surface area contributed by atoms with Gasteiger partial charge in [-0.2, -0.15) is 0 Å². The Labute approximate surface area is 182 Å². The number of aryl methyl sites for hydroxylation is 1. The average Bonchev–Trinajstić information content (AvgIpc) is 3.15. The molecular formula is C24H30N2O5. The van der Waals surface area contributed by atoms with Gasteiger partial charge in [-0.3, -0.25) is 9.59 Å². The van der Waals surface area contributed by atoms with E-state index in [1.54, 1.807) is 57.2 Å². The van der Waals surface area contributed by atoms with Crippen molar-refractivity contribution in [1.82, 2.24) is 9.88 Å². The molecule has 1 aliphatic carbocycles. The maximum absolute atomic E-state index is 13.3. The first-order chi connectivity index (χ1) is 14.9. The average molecular weight is 427 g/mol. The summed E-state index contributed by atoms with van der Waals surface area (Å²) in [5.74, 6) is -1.11. The molecule has 1 aromatic heterocycles. The monoisotopic (exact) mass is 426 g/mol. The number of likely N-dealkylation sites (N-methyl/N-ethyl adjacent to an activating group) is 1. The minimum Gasteiger partial charge on any atom is -0.497 e. The van der Waals surface area contributed by atoms with Crippen molar-refractivity contribution in [3.05, 3.63) is 41.2 Å². The van der Waals surface area contributed by atoms with E-state index in [0.717, 1.165) is 32.1 Å². The first-order valence-electron chi connectivity index (χ1n) is 10.7. The fourth-order valence-corrected chi connectivity index (χ4v) is 4.20. The van der Waals surface area contributed by atoms with E-state index in [1.165, 1.54) is 0 Å². The second-order valence-electron chi connectivity index (χ2n) is 7.86. The first-order valence-corrected chi connectivity index (χ1v) is 10.7. The molecule has 1 aliphatic rings. The van der Waals surface area contributed by atoms with E-state index < -0.39 is 17.7 Å². The Hall–Kier alpha value is -3.09. The van der Waals surface area contributed by atoms with E-state index in [-0.39, 0.29) is 23.9 Å². The van der Waals surface area contributed by atoms with Gasteiger partial charge in [0.1, 0.15) is 11.4 Å². The van der Waals surface area contributed by atoms with Gasteiger partial charge in [0.05, 0.1) is 19.3 Å². The lowest BCUT2D eigenvalue weighted by atomic mass is 9.93. The summed E-state index contributed by atoms with van der Waals surface area (Å²) in [6, 6.07) is 7.08. The quantitative estimate of drug-likeness (QED) is 0.408. The number of nitrogens with one attached hydrogen (secondary N) is 1. The molecule has 0 saturated heterocycles. The molecule has 1 heterocycles. The fourth-order valence-electron chi connectivity index (χ4n) is 4.20. The number of H-pyrrole nitrogens is 1. The van der Waals surface area contributed by atoms with E-state index in [1.807, 2.05) is 0 Å². The molecule has 0 radical (unpaired) electrons. The molecule has 31 heavy (non-hydrogen) atoms. The van der Waals surface area contributed by atoms with Crippen molar-refractivity contribution in [2.45, 2.75) is 52.0 Å². The maximum Gasteiger partial charge on any atom is 0.340 e. The van der Waals surface area contributed by atoms with Crippen LogP contribution in [0.4, 0.5) is 0 Å². The molecule has 1 N–H and O–H groups in total. The molecule has 1 fully saturated rings. The molecule has 2 aromatic rings. The standard InChI is InChI=1S/C24H30N2O5/c1-5-31-24(29)19-15(2)25-21(20(19)16-11-13-18(30-4)14-12-16)22(27)23(28)26(3)17-9-7-6-8-10-17/h11-14,17,25H,5-10H2,1-4H3. The molecule has 0 atom stereocenters. The molecular weight excluding hydrogens is 396 g/mol. The number of benzene rings is 1. The zero-order valence-electron chi connectivity index (χ0n) is 18.6. The smallest absolute Gasteiger partial charge is 0.340 e. The highest BCUT2D eigenvalue weighted by atomic mass is 16.5. The number of esters is 1. The Bertz CT molecular complexity index is 955. The number of Topliss-reactive ketones (excluding diaryl/α,β-unsaturated/α-hetero) is 1. The van der Waals surface area contributed by atoms with E-state index in [9.17, 15) is 14.4 Å². The summed E-state index contributed by atoms with van der Waals surface area (Å²) in [6.45, 7) is 3.63. The molecule has 1 amide bonds. The lowest BCUT2D eigenvalue weighted by molar-refractivity contribution is -0.127. The van der Waals surface area contributed by atoms with Crippen LogP contribution < -0.4 is 4.74 Å². The third kappa shape index (κ3) is 4.65. The van der Waals surface area contributed by atoms with Gasteiger partial charge in [0.2, 0.25) is 0 Å². The molecule has 0 spiro atoms. The van der Waals surface area contributed by atoms with Crippen molar-refractivity contribution in [1.29, 1.82) is 0 Å². The lowest BCUT2D eigenvalue weighted by Crippen LogP contribution is -2.42. The summed E-state index contributed by atoms with van der Waals surface area (Å²) in [7, 11) is 3.25. The van der Waals surface area contributed by atoms with Gasteiger partial charge >= 0.3 is 5.97 Å². The molecule has 0 bridgehead atoms. The van der Waals surface area contributed by atoms with Crippen molar-refractivity contribution in [2.75, 3.05) is 20.8 Å². The maximum atomic E-state index is 13.3. The Balaban J connectivity index is 2.04. The van der Waals surface area contributed by atoms with Crippen LogP contribution in [0.2, 0.25) is 0 Å². The van der Waals surface area contributed by atoms with Crippen molar-refractivity contribution in [3.63, 3.8) is 0 Å². The van der Waals surface area contributed by atoms with Gasteiger partial charge in [-0.1, -0.05) is 31.4 Å². The Morgan fingerprint density at radius 3 is 2.32 bits per heavy atom. The number of hydrogen-bond acceptors (Lipinski definition) is 5. The minimum atomic E-state index is -0.655. The number of carbonyl (C=O) groups excluding carboxylic acids is 3. The number of hydrogen-bond donors (Lipinski definition) is 1. The number of aromatic nitrogens is 1. The van der Waals surface area contributed by atoms with Crippen molar-refractivity contribution < 1.29 is 23.9 Å². The number of amides is 1. The first kappa shape index (κ1) is 22.6. The van der Waals surface area contributed by atoms with E-state index in [0.29, 0.717) is 22.6 Å². The van der Waals surface area contributed by atoms with Crippen LogP contribution in [-0.4, -0.2) is 54.3 Å². The van der Waals surface area contributed by atoms with Gasteiger partial charge in [0.25, 0.3) is 11.7 Å². The largest absolute Gasteiger partial charge is 0.497 e. The van der Waals surface area contributed by atoms with Gasteiger partial charge < -0.3 is 19.4 Å². The van der Waals surface area contributed by atoms with Crippen molar-refractivity contribution >= 4 is 17.7 Å². The number of rotatable bonds is 7. The molecule has 1 saturated carbocycles. The summed E-state index contributed by atoms with van der Waals surface area (Å²) < 4.78 is 10.4. The van der Waals surface area contributed by atoms with Crippen LogP contribution in [0.3, 0.4) is 0 Å². The molecule has 0 unspecified atom stereocenters. The van der Waals surface area contributed by atoms with Crippen LogP contribution in [0.5, 0.6) is 5.75 Å². The zero-order valence-corrected chi connectivity index (χ0v) is 18.6. The van der Waals surface area contributed by atoms with Gasteiger partial charge in [-0.25, -0.2) is 4.79 Å². The number of ether oxygens (including phenoxy) is 2. The highest BCUT2D eigenvalue weighted by molar-refractivity contribution is 6.43. The van der Waals surface area contributed by atoms with E-state index in [2.05, 4.69) is 4.98 Å². The molecule has 0 aliphatic heterocycles. The summed E-state index contributed by atoms with van der Waals surface area (Å²) in [5.41, 5.74) is 1.88. The number of ketones is 1. The molecule has 166 valence electrons. The zero-order chi connectivity index (χ0) is 22.5. The van der Waals surface area contributed by atoms with Gasteiger partial charge in [-0.05, 0) is 44.4 Å². The summed E-state index contributed by atoms with van der Waals surface area (Å²) in [4.78, 5) is 43.6. The van der Waals surface area contributed by atoms with E-state index >= 15 is 0 Å². The minimum absolute atomic E-state index is 0.0650. The Kier molecular flexibility index (Phi) is 7.15.